The molecule has 0 heterocycles. The molecule has 0 radical (unpaired) electrons. The largest absolute Gasteiger partial charge is 0.497 e. The Hall–Kier alpha value is -2.20. The lowest BCUT2D eigenvalue weighted by atomic mass is 10.2. The first kappa shape index (κ1) is 12.3. The highest BCUT2D eigenvalue weighted by Crippen LogP contribution is 2.30. The van der Waals surface area contributed by atoms with Crippen molar-refractivity contribution >= 4 is 5.69 Å². The van der Waals surface area contributed by atoms with E-state index >= 15 is 0 Å². The van der Waals surface area contributed by atoms with E-state index in [-0.39, 0.29) is 6.61 Å². The van der Waals surface area contributed by atoms with Crippen LogP contribution in [0.15, 0.2) is 42.5 Å². The molecule has 94 valence electrons. The first-order valence-electron chi connectivity index (χ1n) is 5.54. The van der Waals surface area contributed by atoms with Crippen molar-refractivity contribution in [3.8, 4) is 17.2 Å². The van der Waals surface area contributed by atoms with E-state index in [4.69, 9.17) is 15.2 Å². The van der Waals surface area contributed by atoms with Gasteiger partial charge in [-0.2, -0.15) is 0 Å². The van der Waals surface area contributed by atoms with E-state index in [1.807, 2.05) is 12.1 Å². The molecule has 18 heavy (non-hydrogen) atoms. The molecule has 2 aromatic rings. The van der Waals surface area contributed by atoms with E-state index < -0.39 is 0 Å². The topological polar surface area (TPSA) is 64.7 Å². The molecule has 0 spiro atoms. The summed E-state index contributed by atoms with van der Waals surface area (Å²) in [4.78, 5) is 0. The molecule has 2 rings (SSSR count). The molecule has 0 aliphatic carbocycles. The Labute approximate surface area is 106 Å². The lowest BCUT2D eigenvalue weighted by Crippen LogP contribution is -1.94. The van der Waals surface area contributed by atoms with Crippen LogP contribution in [0.3, 0.4) is 0 Å². The van der Waals surface area contributed by atoms with E-state index in [2.05, 4.69) is 0 Å². The minimum atomic E-state index is -0.0738. The molecule has 0 saturated heterocycles. The Morgan fingerprint density at radius 3 is 2.56 bits per heavy atom. The van der Waals surface area contributed by atoms with Crippen LogP contribution in [-0.2, 0) is 6.61 Å². The van der Waals surface area contributed by atoms with Crippen LogP contribution in [0.2, 0.25) is 0 Å². The SMILES string of the molecule is COc1cc(N)cc(Oc2ccccc2CO)c1. The van der Waals surface area contributed by atoms with Gasteiger partial charge in [0.1, 0.15) is 17.2 Å². The van der Waals surface area contributed by atoms with Gasteiger partial charge in [-0.05, 0) is 6.07 Å². The maximum atomic E-state index is 9.22. The quantitative estimate of drug-likeness (QED) is 0.812. The maximum Gasteiger partial charge on any atom is 0.133 e. The van der Waals surface area contributed by atoms with E-state index in [1.165, 1.54) is 0 Å². The van der Waals surface area contributed by atoms with Crippen LogP contribution in [0.25, 0.3) is 0 Å². The third-order valence-electron chi connectivity index (χ3n) is 2.51. The zero-order valence-electron chi connectivity index (χ0n) is 10.1. The molecule has 0 bridgehead atoms. The lowest BCUT2D eigenvalue weighted by Gasteiger charge is -2.11. The predicted octanol–water partition coefficient (Wildman–Crippen LogP) is 2.56. The predicted molar refractivity (Wildman–Crippen MR) is 69.8 cm³/mol. The number of anilines is 1. The van der Waals surface area contributed by atoms with Gasteiger partial charge in [0, 0.05) is 29.4 Å². The van der Waals surface area contributed by atoms with Crippen LogP contribution in [-0.4, -0.2) is 12.2 Å². The summed E-state index contributed by atoms with van der Waals surface area (Å²) in [5.41, 5.74) is 7.03. The number of hydrogen-bond donors (Lipinski definition) is 2. The number of nitrogens with two attached hydrogens (primary N) is 1. The van der Waals surface area contributed by atoms with Gasteiger partial charge in [0.15, 0.2) is 0 Å². The summed E-state index contributed by atoms with van der Waals surface area (Å²) in [5, 5.41) is 9.22. The Bertz CT molecular complexity index is 540. The fourth-order valence-corrected chi connectivity index (χ4v) is 1.63. The number of ether oxygens (including phenoxy) is 2. The molecule has 0 aliphatic rings. The number of benzene rings is 2. The minimum Gasteiger partial charge on any atom is -0.497 e. The highest BCUT2D eigenvalue weighted by atomic mass is 16.5. The standard InChI is InChI=1S/C14H15NO3/c1-17-12-6-11(15)7-13(8-12)18-14-5-3-2-4-10(14)9-16/h2-8,16H,9,15H2,1H3. The van der Waals surface area contributed by atoms with Crippen molar-refractivity contribution in [1.82, 2.24) is 0 Å². The van der Waals surface area contributed by atoms with Crippen LogP contribution in [0.4, 0.5) is 5.69 Å². The van der Waals surface area contributed by atoms with E-state index in [0.29, 0.717) is 22.9 Å². The molecule has 0 aromatic heterocycles. The van der Waals surface area contributed by atoms with Gasteiger partial charge in [0.25, 0.3) is 0 Å². The summed E-state index contributed by atoms with van der Waals surface area (Å²) in [7, 11) is 1.57. The van der Waals surface area contributed by atoms with Gasteiger partial charge in [0.2, 0.25) is 0 Å². The second-order valence-electron chi connectivity index (χ2n) is 3.81. The summed E-state index contributed by atoms with van der Waals surface area (Å²) in [6.45, 7) is -0.0738. The molecule has 0 aliphatic heterocycles. The molecule has 4 heteroatoms. The highest BCUT2D eigenvalue weighted by molar-refractivity contribution is 5.51. The molecular weight excluding hydrogens is 230 g/mol. The first-order chi connectivity index (χ1) is 8.72. The molecule has 0 unspecified atom stereocenters. The molecule has 0 amide bonds. The van der Waals surface area contributed by atoms with Crippen LogP contribution >= 0.6 is 0 Å². The summed E-state index contributed by atoms with van der Waals surface area (Å²) < 4.78 is 10.8. The van der Waals surface area contributed by atoms with Crippen molar-refractivity contribution in [3.05, 3.63) is 48.0 Å². The second-order valence-corrected chi connectivity index (χ2v) is 3.81. The fourth-order valence-electron chi connectivity index (χ4n) is 1.63. The number of hydrogen-bond acceptors (Lipinski definition) is 4. The Morgan fingerprint density at radius 1 is 1.11 bits per heavy atom. The van der Waals surface area contributed by atoms with Crippen LogP contribution in [0.5, 0.6) is 17.2 Å². The summed E-state index contributed by atoms with van der Waals surface area (Å²) >= 11 is 0. The van der Waals surface area contributed by atoms with Crippen LogP contribution < -0.4 is 15.2 Å². The van der Waals surface area contributed by atoms with Crippen molar-refractivity contribution in [1.29, 1.82) is 0 Å². The van der Waals surface area contributed by atoms with Crippen molar-refractivity contribution in [3.63, 3.8) is 0 Å². The molecular formula is C14H15NO3. The van der Waals surface area contributed by atoms with Gasteiger partial charge in [0.05, 0.1) is 13.7 Å². The number of para-hydroxylation sites is 1. The number of aliphatic hydroxyl groups excluding tert-OH is 1. The smallest absolute Gasteiger partial charge is 0.133 e. The van der Waals surface area contributed by atoms with E-state index in [1.54, 1.807) is 37.4 Å². The Kier molecular flexibility index (Phi) is 3.69. The van der Waals surface area contributed by atoms with E-state index in [0.717, 1.165) is 5.56 Å². The normalized spacial score (nSPS) is 10.1. The Balaban J connectivity index is 2.30. The lowest BCUT2D eigenvalue weighted by molar-refractivity contribution is 0.276. The summed E-state index contributed by atoms with van der Waals surface area (Å²) in [6, 6.07) is 12.4. The fraction of sp³-hybridized carbons (Fsp3) is 0.143. The van der Waals surface area contributed by atoms with Gasteiger partial charge >= 0.3 is 0 Å². The zero-order chi connectivity index (χ0) is 13.0. The van der Waals surface area contributed by atoms with Gasteiger partial charge in [-0.15, -0.1) is 0 Å². The summed E-state index contributed by atoms with van der Waals surface area (Å²) in [6.07, 6.45) is 0. The molecule has 0 saturated carbocycles. The van der Waals surface area contributed by atoms with Crippen LogP contribution in [0.1, 0.15) is 5.56 Å². The monoisotopic (exact) mass is 245 g/mol. The van der Waals surface area contributed by atoms with Gasteiger partial charge in [-0.3, -0.25) is 0 Å². The van der Waals surface area contributed by atoms with Gasteiger partial charge < -0.3 is 20.3 Å². The molecule has 3 N–H and O–H groups in total. The number of rotatable bonds is 4. The highest BCUT2D eigenvalue weighted by Gasteiger charge is 2.05. The molecule has 0 atom stereocenters. The minimum absolute atomic E-state index is 0.0738. The van der Waals surface area contributed by atoms with Gasteiger partial charge in [-0.1, -0.05) is 18.2 Å². The third-order valence-corrected chi connectivity index (χ3v) is 2.51. The maximum absolute atomic E-state index is 9.22. The van der Waals surface area contributed by atoms with Crippen molar-refractivity contribution in [2.75, 3.05) is 12.8 Å². The molecule has 2 aromatic carbocycles. The van der Waals surface area contributed by atoms with Crippen molar-refractivity contribution in [2.24, 2.45) is 0 Å². The zero-order valence-corrected chi connectivity index (χ0v) is 10.1. The number of nitrogen functional groups attached to an aromatic ring is 1. The number of aliphatic hydroxyl groups is 1. The summed E-state index contributed by atoms with van der Waals surface area (Å²) in [5.74, 6) is 1.81. The Morgan fingerprint density at radius 2 is 1.83 bits per heavy atom. The second kappa shape index (κ2) is 5.42. The van der Waals surface area contributed by atoms with Crippen molar-refractivity contribution in [2.45, 2.75) is 6.61 Å². The average molecular weight is 245 g/mol. The van der Waals surface area contributed by atoms with Gasteiger partial charge in [-0.25, -0.2) is 0 Å². The van der Waals surface area contributed by atoms with E-state index in [9.17, 15) is 5.11 Å². The number of methoxy groups -OCH3 is 1. The average Bonchev–Trinajstić information content (AvgIpc) is 2.38. The molecule has 4 nitrogen and oxygen atoms in total. The van der Waals surface area contributed by atoms with Crippen molar-refractivity contribution < 1.29 is 14.6 Å². The third kappa shape index (κ3) is 2.73. The molecule has 0 fully saturated rings. The van der Waals surface area contributed by atoms with Crippen LogP contribution in [0, 0.1) is 0 Å². The first-order valence-corrected chi connectivity index (χ1v) is 5.54.